The van der Waals surface area contributed by atoms with E-state index in [1.54, 1.807) is 19.4 Å². The number of aromatic nitrogens is 3. The Morgan fingerprint density at radius 1 is 1.33 bits per heavy atom. The molecule has 1 aromatic carbocycles. The average molecular weight is 386 g/mol. The Kier molecular flexibility index (Phi) is 4.39. The molecule has 0 aliphatic carbocycles. The zero-order valence-corrected chi connectivity index (χ0v) is 16.1. The summed E-state index contributed by atoms with van der Waals surface area (Å²) in [5.74, 6) is 0.435. The zero-order valence-electron chi connectivity index (χ0n) is 15.4. The molecule has 1 N–H and O–H groups in total. The van der Waals surface area contributed by atoms with E-state index in [1.807, 2.05) is 36.9 Å². The predicted molar refractivity (Wildman–Crippen MR) is 105 cm³/mol. The molecule has 0 saturated carbocycles. The third-order valence-corrected chi connectivity index (χ3v) is 5.16. The van der Waals surface area contributed by atoms with Gasteiger partial charge in [0.2, 0.25) is 5.88 Å². The van der Waals surface area contributed by atoms with Crippen molar-refractivity contribution in [2.24, 2.45) is 7.05 Å². The van der Waals surface area contributed by atoms with Crippen LogP contribution in [0.25, 0.3) is 10.9 Å². The van der Waals surface area contributed by atoms with Crippen molar-refractivity contribution in [2.45, 2.75) is 13.0 Å². The average Bonchev–Trinajstić information content (AvgIpc) is 2.92. The van der Waals surface area contributed by atoms with Gasteiger partial charge >= 0.3 is 0 Å². The lowest BCUT2D eigenvalue weighted by Gasteiger charge is -2.41. The van der Waals surface area contributed by atoms with E-state index in [4.69, 9.17) is 16.3 Å². The number of amides is 1. The van der Waals surface area contributed by atoms with Gasteiger partial charge in [0.25, 0.3) is 5.91 Å². The van der Waals surface area contributed by atoms with Crippen molar-refractivity contribution >= 4 is 34.1 Å². The van der Waals surface area contributed by atoms with E-state index in [-0.39, 0.29) is 11.9 Å². The van der Waals surface area contributed by atoms with Gasteiger partial charge in [0, 0.05) is 37.2 Å². The van der Waals surface area contributed by atoms with Crippen LogP contribution in [0.1, 0.15) is 16.1 Å². The van der Waals surface area contributed by atoms with E-state index in [2.05, 4.69) is 20.3 Å². The molecule has 1 amide bonds. The van der Waals surface area contributed by atoms with Gasteiger partial charge < -0.3 is 15.0 Å². The summed E-state index contributed by atoms with van der Waals surface area (Å²) >= 11 is 6.23. The molecule has 7 nitrogen and oxygen atoms in total. The van der Waals surface area contributed by atoms with Gasteiger partial charge in [0.1, 0.15) is 0 Å². The Hall–Kier alpha value is -2.80. The summed E-state index contributed by atoms with van der Waals surface area (Å²) in [4.78, 5) is 18.8. The summed E-state index contributed by atoms with van der Waals surface area (Å²) < 4.78 is 6.97. The monoisotopic (exact) mass is 385 g/mol. The standard InChI is InChI=1S/C19H20ClN5O2/c1-11-14-6-12(4-5-16(14)24(2)23-11)19(26)22-13-9-25(10-13)17-7-18(27-3)21-8-15(17)20/h4-8,13H,9-10H2,1-3H3,(H,22,26). The van der Waals surface area contributed by atoms with Crippen LogP contribution < -0.4 is 15.0 Å². The zero-order chi connectivity index (χ0) is 19.1. The molecule has 0 radical (unpaired) electrons. The van der Waals surface area contributed by atoms with Gasteiger partial charge in [-0.1, -0.05) is 11.6 Å². The summed E-state index contributed by atoms with van der Waals surface area (Å²) in [6, 6.07) is 7.53. The van der Waals surface area contributed by atoms with Crippen LogP contribution in [0.4, 0.5) is 5.69 Å². The number of anilines is 1. The second-order valence-electron chi connectivity index (χ2n) is 6.69. The van der Waals surface area contributed by atoms with Gasteiger partial charge in [-0.25, -0.2) is 4.98 Å². The minimum absolute atomic E-state index is 0.0680. The molecule has 4 rings (SSSR count). The highest BCUT2D eigenvalue weighted by Crippen LogP contribution is 2.31. The van der Waals surface area contributed by atoms with Gasteiger partial charge in [-0.15, -0.1) is 0 Å². The highest BCUT2D eigenvalue weighted by molar-refractivity contribution is 6.33. The number of nitrogens with zero attached hydrogens (tertiary/aromatic N) is 4. The Labute approximate surface area is 161 Å². The molecular formula is C19H20ClN5O2. The van der Waals surface area contributed by atoms with Crippen LogP contribution in [-0.4, -0.2) is 46.9 Å². The molecule has 0 unspecified atom stereocenters. The number of hydrogen-bond donors (Lipinski definition) is 1. The van der Waals surface area contributed by atoms with Crippen LogP contribution >= 0.6 is 11.6 Å². The molecule has 140 valence electrons. The number of ether oxygens (including phenoxy) is 1. The van der Waals surface area contributed by atoms with E-state index in [0.29, 0.717) is 29.6 Å². The molecule has 0 spiro atoms. The number of carbonyl (C=O) groups excluding carboxylic acids is 1. The topological polar surface area (TPSA) is 72.3 Å². The molecule has 0 atom stereocenters. The van der Waals surface area contributed by atoms with Gasteiger partial charge in [0.05, 0.1) is 41.3 Å². The molecule has 8 heteroatoms. The normalized spacial score (nSPS) is 14.3. The summed E-state index contributed by atoms with van der Waals surface area (Å²) in [5.41, 5.74) is 3.43. The largest absolute Gasteiger partial charge is 0.481 e. The molecule has 27 heavy (non-hydrogen) atoms. The molecule has 1 fully saturated rings. The first kappa shape index (κ1) is 17.6. The lowest BCUT2D eigenvalue weighted by atomic mass is 10.1. The number of fused-ring (bicyclic) bond motifs is 1. The Morgan fingerprint density at radius 2 is 2.11 bits per heavy atom. The second-order valence-corrected chi connectivity index (χ2v) is 7.10. The highest BCUT2D eigenvalue weighted by atomic mass is 35.5. The smallest absolute Gasteiger partial charge is 0.251 e. The number of carbonyl (C=O) groups is 1. The minimum atomic E-state index is -0.0804. The van der Waals surface area contributed by atoms with Gasteiger partial charge in [0.15, 0.2) is 0 Å². The number of rotatable bonds is 4. The van der Waals surface area contributed by atoms with Crippen molar-refractivity contribution in [3.63, 3.8) is 0 Å². The first-order chi connectivity index (χ1) is 13.0. The van der Waals surface area contributed by atoms with Crippen LogP contribution in [0.3, 0.4) is 0 Å². The highest BCUT2D eigenvalue weighted by Gasteiger charge is 2.30. The van der Waals surface area contributed by atoms with Crippen molar-refractivity contribution in [1.29, 1.82) is 0 Å². The van der Waals surface area contributed by atoms with Crippen molar-refractivity contribution in [1.82, 2.24) is 20.1 Å². The number of nitrogens with one attached hydrogen (secondary N) is 1. The van der Waals surface area contributed by atoms with E-state index in [9.17, 15) is 4.79 Å². The third-order valence-electron chi connectivity index (χ3n) is 4.87. The van der Waals surface area contributed by atoms with Crippen molar-refractivity contribution in [3.8, 4) is 5.88 Å². The molecule has 3 heterocycles. The number of halogens is 1. The Balaban J connectivity index is 1.43. The summed E-state index contributed by atoms with van der Waals surface area (Å²) in [6.07, 6.45) is 1.58. The fourth-order valence-corrected chi connectivity index (χ4v) is 3.60. The van der Waals surface area contributed by atoms with Crippen LogP contribution in [0, 0.1) is 6.92 Å². The first-order valence-corrected chi connectivity index (χ1v) is 9.02. The maximum atomic E-state index is 12.6. The first-order valence-electron chi connectivity index (χ1n) is 8.65. The van der Waals surface area contributed by atoms with Crippen LogP contribution in [0.15, 0.2) is 30.5 Å². The number of pyridine rings is 1. The van der Waals surface area contributed by atoms with E-state index in [0.717, 1.165) is 22.3 Å². The lowest BCUT2D eigenvalue weighted by Crippen LogP contribution is -2.59. The number of methoxy groups -OCH3 is 1. The maximum absolute atomic E-state index is 12.6. The summed E-state index contributed by atoms with van der Waals surface area (Å²) in [7, 11) is 3.47. The van der Waals surface area contributed by atoms with E-state index >= 15 is 0 Å². The Morgan fingerprint density at radius 3 is 2.85 bits per heavy atom. The third kappa shape index (κ3) is 3.19. The van der Waals surface area contributed by atoms with Gasteiger partial charge in [-0.3, -0.25) is 9.48 Å². The van der Waals surface area contributed by atoms with Gasteiger partial charge in [-0.05, 0) is 25.1 Å². The quantitative estimate of drug-likeness (QED) is 0.747. The van der Waals surface area contributed by atoms with Gasteiger partial charge in [-0.2, -0.15) is 5.10 Å². The summed E-state index contributed by atoms with van der Waals surface area (Å²) in [5, 5.41) is 9.03. The predicted octanol–water partition coefficient (Wildman–Crippen LogP) is 2.56. The molecule has 1 aliphatic rings. The van der Waals surface area contributed by atoms with E-state index in [1.165, 1.54) is 0 Å². The fourth-order valence-electron chi connectivity index (χ4n) is 3.38. The molecular weight excluding hydrogens is 366 g/mol. The number of hydrogen-bond acceptors (Lipinski definition) is 5. The van der Waals surface area contributed by atoms with Crippen molar-refractivity contribution in [3.05, 3.63) is 46.7 Å². The summed E-state index contributed by atoms with van der Waals surface area (Å²) in [6.45, 7) is 3.32. The van der Waals surface area contributed by atoms with Crippen LogP contribution in [0.2, 0.25) is 5.02 Å². The Bertz CT molecular complexity index is 1030. The number of benzene rings is 1. The SMILES string of the molecule is COc1cc(N2CC(NC(=O)c3ccc4c(c3)c(C)nn4C)C2)c(Cl)cn1. The van der Waals surface area contributed by atoms with Crippen molar-refractivity contribution in [2.75, 3.05) is 25.1 Å². The molecule has 0 bridgehead atoms. The molecule has 1 aliphatic heterocycles. The minimum Gasteiger partial charge on any atom is -0.481 e. The number of aryl methyl sites for hydroxylation is 2. The van der Waals surface area contributed by atoms with Crippen molar-refractivity contribution < 1.29 is 9.53 Å². The molecule has 3 aromatic rings. The van der Waals surface area contributed by atoms with Crippen LogP contribution in [0.5, 0.6) is 5.88 Å². The molecule has 2 aromatic heterocycles. The lowest BCUT2D eigenvalue weighted by molar-refractivity contribution is 0.0930. The fraction of sp³-hybridized carbons (Fsp3) is 0.316. The maximum Gasteiger partial charge on any atom is 0.251 e. The second kappa shape index (κ2) is 6.74. The molecule has 1 saturated heterocycles. The van der Waals surface area contributed by atoms with E-state index < -0.39 is 0 Å². The van der Waals surface area contributed by atoms with Crippen LogP contribution in [-0.2, 0) is 7.05 Å².